The smallest absolute Gasteiger partial charge is 0.311 e. The Kier molecular flexibility index (Phi) is 6.76. The molecule has 0 radical (unpaired) electrons. The minimum Gasteiger partial charge on any atom is -0.348 e. The van der Waals surface area contributed by atoms with E-state index in [4.69, 9.17) is 0 Å². The van der Waals surface area contributed by atoms with E-state index in [1.54, 1.807) is 11.9 Å². The maximum atomic E-state index is 11.9. The third kappa shape index (κ3) is 4.67. The third-order valence-electron chi connectivity index (χ3n) is 3.70. The first-order chi connectivity index (χ1) is 8.66. The fraction of sp³-hybridized carbons (Fsp3) is 0.857. The van der Waals surface area contributed by atoms with Crippen LogP contribution < -0.4 is 5.32 Å². The Morgan fingerprint density at radius 3 is 2.44 bits per heavy atom. The summed E-state index contributed by atoms with van der Waals surface area (Å²) in [6.07, 6.45) is 8.81. The Hall–Kier alpha value is -1.06. The van der Waals surface area contributed by atoms with E-state index in [1.165, 1.54) is 19.3 Å². The van der Waals surface area contributed by atoms with Crippen molar-refractivity contribution < 1.29 is 9.59 Å². The van der Waals surface area contributed by atoms with Crippen LogP contribution in [0.25, 0.3) is 0 Å². The van der Waals surface area contributed by atoms with E-state index >= 15 is 0 Å². The highest BCUT2D eigenvalue weighted by Crippen LogP contribution is 2.21. The molecule has 2 amide bonds. The third-order valence-corrected chi connectivity index (χ3v) is 3.70. The molecule has 0 aliphatic heterocycles. The summed E-state index contributed by atoms with van der Waals surface area (Å²) in [6, 6.07) is 0.257. The molecule has 4 nitrogen and oxygen atoms in total. The van der Waals surface area contributed by atoms with E-state index in [1.807, 2.05) is 0 Å². The summed E-state index contributed by atoms with van der Waals surface area (Å²) in [7, 11) is 1.75. The van der Waals surface area contributed by atoms with Crippen molar-refractivity contribution >= 4 is 11.8 Å². The Morgan fingerprint density at radius 1 is 1.17 bits per heavy atom. The van der Waals surface area contributed by atoms with Crippen molar-refractivity contribution in [3.63, 3.8) is 0 Å². The van der Waals surface area contributed by atoms with E-state index in [-0.39, 0.29) is 11.9 Å². The number of hydrogen-bond acceptors (Lipinski definition) is 2. The zero-order valence-corrected chi connectivity index (χ0v) is 11.7. The second-order valence-electron chi connectivity index (χ2n) is 5.17. The standard InChI is InChI=1S/C14H26N2O2/c1-3-4-8-11-15-13(17)14(18)16(2)12-9-6-5-7-10-12/h12H,3-11H2,1-2H3,(H,15,17). The number of carbonyl (C=O) groups excluding carboxylic acids is 2. The maximum absolute atomic E-state index is 11.9. The molecule has 1 N–H and O–H groups in total. The molecule has 0 bridgehead atoms. The maximum Gasteiger partial charge on any atom is 0.311 e. The van der Waals surface area contributed by atoms with Gasteiger partial charge in [0.15, 0.2) is 0 Å². The highest BCUT2D eigenvalue weighted by Gasteiger charge is 2.26. The summed E-state index contributed by atoms with van der Waals surface area (Å²) >= 11 is 0. The van der Waals surface area contributed by atoms with Crippen LogP contribution >= 0.6 is 0 Å². The second kappa shape index (κ2) is 8.11. The van der Waals surface area contributed by atoms with Gasteiger partial charge in [-0.3, -0.25) is 9.59 Å². The van der Waals surface area contributed by atoms with Crippen molar-refractivity contribution in [3.05, 3.63) is 0 Å². The molecule has 0 aromatic carbocycles. The molecule has 0 spiro atoms. The minimum absolute atomic E-state index is 0.257. The van der Waals surface area contributed by atoms with E-state index < -0.39 is 5.91 Å². The van der Waals surface area contributed by atoms with Crippen LogP contribution in [0.3, 0.4) is 0 Å². The molecule has 1 saturated carbocycles. The zero-order chi connectivity index (χ0) is 13.4. The van der Waals surface area contributed by atoms with Crippen LogP contribution in [-0.4, -0.2) is 36.3 Å². The summed E-state index contributed by atoms with van der Waals surface area (Å²) in [5, 5.41) is 2.71. The number of nitrogens with zero attached hydrogens (tertiary/aromatic N) is 1. The fourth-order valence-corrected chi connectivity index (χ4v) is 2.45. The molecule has 4 heteroatoms. The SMILES string of the molecule is CCCCCNC(=O)C(=O)N(C)C1CCCCC1. The average Bonchev–Trinajstić information content (AvgIpc) is 2.42. The summed E-state index contributed by atoms with van der Waals surface area (Å²) in [5.74, 6) is -0.822. The van der Waals surface area contributed by atoms with Gasteiger partial charge in [0.2, 0.25) is 0 Å². The molecule has 1 rings (SSSR count). The van der Waals surface area contributed by atoms with Crippen LogP contribution in [-0.2, 0) is 9.59 Å². The molecule has 0 unspecified atom stereocenters. The Balaban J connectivity index is 2.30. The Morgan fingerprint density at radius 2 is 1.83 bits per heavy atom. The topological polar surface area (TPSA) is 49.4 Å². The molecule has 0 atom stereocenters. The summed E-state index contributed by atoms with van der Waals surface area (Å²) < 4.78 is 0. The lowest BCUT2D eigenvalue weighted by Gasteiger charge is -2.30. The molecule has 0 aromatic heterocycles. The first-order valence-electron chi connectivity index (χ1n) is 7.21. The number of carbonyl (C=O) groups is 2. The van der Waals surface area contributed by atoms with Crippen LogP contribution in [0, 0.1) is 0 Å². The lowest BCUT2D eigenvalue weighted by Crippen LogP contribution is -2.46. The van der Waals surface area contributed by atoms with Crippen molar-refractivity contribution in [2.75, 3.05) is 13.6 Å². The second-order valence-corrected chi connectivity index (χ2v) is 5.17. The van der Waals surface area contributed by atoms with Gasteiger partial charge in [-0.1, -0.05) is 39.0 Å². The largest absolute Gasteiger partial charge is 0.348 e. The molecule has 0 saturated heterocycles. The van der Waals surface area contributed by atoms with E-state index in [9.17, 15) is 9.59 Å². The van der Waals surface area contributed by atoms with Crippen molar-refractivity contribution in [3.8, 4) is 0 Å². The Bertz CT molecular complexity index is 273. The van der Waals surface area contributed by atoms with E-state index in [0.717, 1.165) is 32.1 Å². The first-order valence-corrected chi connectivity index (χ1v) is 7.21. The van der Waals surface area contributed by atoms with Gasteiger partial charge in [-0.15, -0.1) is 0 Å². The highest BCUT2D eigenvalue weighted by atomic mass is 16.2. The first kappa shape index (κ1) is 15.0. The minimum atomic E-state index is -0.445. The number of unbranched alkanes of at least 4 members (excludes halogenated alkanes) is 2. The van der Waals surface area contributed by atoms with Gasteiger partial charge in [0.1, 0.15) is 0 Å². The van der Waals surface area contributed by atoms with Gasteiger partial charge in [0.05, 0.1) is 0 Å². The number of hydrogen-bond donors (Lipinski definition) is 1. The van der Waals surface area contributed by atoms with Crippen molar-refractivity contribution in [2.45, 2.75) is 64.3 Å². The molecule has 1 aliphatic rings. The molecule has 0 heterocycles. The van der Waals surface area contributed by atoms with E-state index in [0.29, 0.717) is 6.54 Å². The van der Waals surface area contributed by atoms with Crippen LogP contribution in [0.15, 0.2) is 0 Å². The predicted molar refractivity (Wildman–Crippen MR) is 72.2 cm³/mol. The van der Waals surface area contributed by atoms with Crippen molar-refractivity contribution in [1.29, 1.82) is 0 Å². The predicted octanol–water partition coefficient (Wildman–Crippen LogP) is 2.08. The lowest BCUT2D eigenvalue weighted by atomic mass is 9.94. The molecular weight excluding hydrogens is 228 g/mol. The van der Waals surface area contributed by atoms with Gasteiger partial charge in [-0.05, 0) is 19.3 Å². The summed E-state index contributed by atoms with van der Waals surface area (Å²) in [4.78, 5) is 25.2. The summed E-state index contributed by atoms with van der Waals surface area (Å²) in [5.41, 5.74) is 0. The number of nitrogens with one attached hydrogen (secondary N) is 1. The van der Waals surface area contributed by atoms with Crippen LogP contribution in [0.1, 0.15) is 58.3 Å². The van der Waals surface area contributed by atoms with Crippen LogP contribution in [0.5, 0.6) is 0 Å². The van der Waals surface area contributed by atoms with Crippen molar-refractivity contribution in [1.82, 2.24) is 10.2 Å². The molecule has 104 valence electrons. The van der Waals surface area contributed by atoms with Gasteiger partial charge in [0.25, 0.3) is 0 Å². The van der Waals surface area contributed by atoms with Gasteiger partial charge >= 0.3 is 11.8 Å². The van der Waals surface area contributed by atoms with Gasteiger partial charge < -0.3 is 10.2 Å². The molecule has 1 fully saturated rings. The van der Waals surface area contributed by atoms with Gasteiger partial charge in [-0.25, -0.2) is 0 Å². The molecule has 0 aromatic rings. The lowest BCUT2D eigenvalue weighted by molar-refractivity contribution is -0.146. The zero-order valence-electron chi connectivity index (χ0n) is 11.7. The number of likely N-dealkylation sites (N-methyl/N-ethyl adjacent to an activating group) is 1. The van der Waals surface area contributed by atoms with E-state index in [2.05, 4.69) is 12.2 Å². The molecule has 18 heavy (non-hydrogen) atoms. The number of amides is 2. The molecular formula is C14H26N2O2. The van der Waals surface area contributed by atoms with Crippen molar-refractivity contribution in [2.24, 2.45) is 0 Å². The summed E-state index contributed by atoms with van der Waals surface area (Å²) in [6.45, 7) is 2.72. The quantitative estimate of drug-likeness (QED) is 0.603. The molecule has 1 aliphatic carbocycles. The average molecular weight is 254 g/mol. The number of rotatable bonds is 5. The van der Waals surface area contributed by atoms with Gasteiger partial charge in [0, 0.05) is 19.6 Å². The van der Waals surface area contributed by atoms with Crippen LogP contribution in [0.2, 0.25) is 0 Å². The van der Waals surface area contributed by atoms with Gasteiger partial charge in [-0.2, -0.15) is 0 Å². The van der Waals surface area contributed by atoms with Crippen LogP contribution in [0.4, 0.5) is 0 Å². The normalized spacial score (nSPS) is 16.3. The fourth-order valence-electron chi connectivity index (χ4n) is 2.45. The highest BCUT2D eigenvalue weighted by molar-refractivity contribution is 6.35. The Labute approximate surface area is 110 Å². The monoisotopic (exact) mass is 254 g/mol.